The second-order valence-corrected chi connectivity index (χ2v) is 6.40. The highest BCUT2D eigenvalue weighted by atomic mass is 16.5. The molecule has 4 aromatic rings. The van der Waals surface area contributed by atoms with Gasteiger partial charge < -0.3 is 14.4 Å². The monoisotopic (exact) mass is 336 g/mol. The highest BCUT2D eigenvalue weighted by Gasteiger charge is 2.16. The molecule has 0 bridgehead atoms. The second kappa shape index (κ2) is 5.84. The predicted molar refractivity (Wildman–Crippen MR) is 96.5 cm³/mol. The van der Waals surface area contributed by atoms with Crippen LogP contribution in [0.3, 0.4) is 0 Å². The van der Waals surface area contributed by atoms with Crippen LogP contribution in [0.2, 0.25) is 0 Å². The number of para-hydroxylation sites is 2. The number of anilines is 1. The Kier molecular flexibility index (Phi) is 3.63. The Morgan fingerprint density at radius 3 is 2.72 bits per heavy atom. The lowest BCUT2D eigenvalue weighted by Gasteiger charge is -2.14. The summed E-state index contributed by atoms with van der Waals surface area (Å²) in [5.74, 6) is 2.34. The lowest BCUT2D eigenvalue weighted by Crippen LogP contribution is -2.12. The molecule has 0 radical (unpaired) electrons. The maximum absolute atomic E-state index is 5.27. The van der Waals surface area contributed by atoms with Crippen LogP contribution in [0, 0.1) is 13.8 Å². The van der Waals surface area contributed by atoms with Crippen LogP contribution in [0.1, 0.15) is 37.2 Å². The van der Waals surface area contributed by atoms with Crippen LogP contribution in [0.4, 0.5) is 5.82 Å². The number of aryl methyl sites for hydroxylation is 2. The third kappa shape index (κ3) is 2.61. The zero-order chi connectivity index (χ0) is 17.6. The minimum atomic E-state index is 0.314. The Morgan fingerprint density at radius 2 is 1.92 bits per heavy atom. The lowest BCUT2D eigenvalue weighted by molar-refractivity contribution is 0.442. The van der Waals surface area contributed by atoms with Crippen molar-refractivity contribution in [2.75, 3.05) is 5.32 Å². The molecule has 0 saturated heterocycles. The minimum Gasteiger partial charge on any atom is -0.362 e. The fourth-order valence-corrected chi connectivity index (χ4v) is 3.18. The van der Waals surface area contributed by atoms with Crippen molar-refractivity contribution in [3.63, 3.8) is 0 Å². The molecule has 0 amide bonds. The molecule has 0 aliphatic carbocycles. The minimum absolute atomic E-state index is 0.314. The van der Waals surface area contributed by atoms with Crippen molar-refractivity contribution in [3.8, 4) is 0 Å². The van der Waals surface area contributed by atoms with Crippen molar-refractivity contribution >= 4 is 28.0 Å². The normalized spacial score (nSPS) is 11.7. The van der Waals surface area contributed by atoms with Gasteiger partial charge in [-0.25, -0.2) is 9.97 Å². The van der Waals surface area contributed by atoms with Crippen LogP contribution in [-0.2, 0) is 6.54 Å². The largest absolute Gasteiger partial charge is 0.362 e. The van der Waals surface area contributed by atoms with Crippen LogP contribution in [-0.4, -0.2) is 24.7 Å². The number of aromatic nitrogens is 5. The van der Waals surface area contributed by atoms with Crippen molar-refractivity contribution in [1.82, 2.24) is 24.7 Å². The van der Waals surface area contributed by atoms with Crippen LogP contribution in [0.25, 0.3) is 22.1 Å². The van der Waals surface area contributed by atoms with Gasteiger partial charge >= 0.3 is 0 Å². The second-order valence-electron chi connectivity index (χ2n) is 6.40. The van der Waals surface area contributed by atoms with Gasteiger partial charge in [0.15, 0.2) is 0 Å². The molecule has 0 saturated carbocycles. The summed E-state index contributed by atoms with van der Waals surface area (Å²) < 4.78 is 7.51. The van der Waals surface area contributed by atoms with Gasteiger partial charge in [0.25, 0.3) is 5.71 Å². The molecular formula is C18H20N6O. The Hall–Kier alpha value is -2.96. The Labute approximate surface area is 145 Å². The molecular weight excluding hydrogens is 316 g/mol. The van der Waals surface area contributed by atoms with Crippen LogP contribution in [0.5, 0.6) is 0 Å². The van der Waals surface area contributed by atoms with Gasteiger partial charge in [-0.1, -0.05) is 17.3 Å². The number of fused-ring (bicyclic) bond motifs is 2. The van der Waals surface area contributed by atoms with Gasteiger partial charge in [-0.3, -0.25) is 0 Å². The molecule has 7 nitrogen and oxygen atoms in total. The summed E-state index contributed by atoms with van der Waals surface area (Å²) >= 11 is 0. The molecule has 1 aromatic carbocycles. The van der Waals surface area contributed by atoms with Gasteiger partial charge in [0.2, 0.25) is 0 Å². The Balaban J connectivity index is 1.74. The van der Waals surface area contributed by atoms with Gasteiger partial charge in [-0.2, -0.15) is 4.98 Å². The first kappa shape index (κ1) is 15.6. The number of benzene rings is 1. The standard InChI is InChI=1S/C18H20N6O/c1-10(2)24-14-8-6-5-7-13(14)22-15(24)9-19-17-16-11(3)23-25-18(16)21-12(4)20-17/h5-8,10H,9H2,1-4H3,(H,19,20,21). The molecule has 128 valence electrons. The van der Waals surface area contributed by atoms with Crippen molar-refractivity contribution in [3.05, 3.63) is 41.6 Å². The number of hydrogen-bond acceptors (Lipinski definition) is 6. The van der Waals surface area contributed by atoms with E-state index in [2.05, 4.69) is 44.9 Å². The first-order chi connectivity index (χ1) is 12.0. The number of hydrogen-bond donors (Lipinski definition) is 1. The van der Waals surface area contributed by atoms with Crippen LogP contribution in [0.15, 0.2) is 28.8 Å². The van der Waals surface area contributed by atoms with E-state index in [1.165, 1.54) is 0 Å². The van der Waals surface area contributed by atoms with Gasteiger partial charge in [-0.15, -0.1) is 0 Å². The molecule has 0 unspecified atom stereocenters. The van der Waals surface area contributed by atoms with E-state index in [1.54, 1.807) is 0 Å². The SMILES string of the molecule is Cc1nc(NCc2nc3ccccc3n2C(C)C)c2c(C)noc2n1. The molecule has 0 fully saturated rings. The van der Waals surface area contributed by atoms with Crippen molar-refractivity contribution in [2.24, 2.45) is 0 Å². The van der Waals surface area contributed by atoms with E-state index >= 15 is 0 Å². The predicted octanol–water partition coefficient (Wildman–Crippen LogP) is 3.78. The van der Waals surface area contributed by atoms with Gasteiger partial charge in [-0.05, 0) is 39.8 Å². The smallest absolute Gasteiger partial charge is 0.263 e. The van der Waals surface area contributed by atoms with E-state index < -0.39 is 0 Å². The third-order valence-corrected chi connectivity index (χ3v) is 4.22. The summed E-state index contributed by atoms with van der Waals surface area (Å²) in [6.45, 7) is 8.61. The number of imidazole rings is 1. The topological polar surface area (TPSA) is 81.7 Å². The van der Waals surface area contributed by atoms with E-state index in [-0.39, 0.29) is 0 Å². The lowest BCUT2D eigenvalue weighted by atomic mass is 10.3. The number of rotatable bonds is 4. The molecule has 0 aliphatic heterocycles. The summed E-state index contributed by atoms with van der Waals surface area (Å²) in [4.78, 5) is 13.6. The van der Waals surface area contributed by atoms with Crippen molar-refractivity contribution in [1.29, 1.82) is 0 Å². The van der Waals surface area contributed by atoms with Crippen LogP contribution >= 0.6 is 0 Å². The highest BCUT2D eigenvalue weighted by molar-refractivity contribution is 5.87. The molecule has 3 aromatic heterocycles. The van der Waals surface area contributed by atoms with E-state index in [1.807, 2.05) is 32.0 Å². The summed E-state index contributed by atoms with van der Waals surface area (Å²) in [6.07, 6.45) is 0. The summed E-state index contributed by atoms with van der Waals surface area (Å²) in [5.41, 5.74) is 3.41. The average molecular weight is 336 g/mol. The Bertz CT molecular complexity index is 1060. The van der Waals surface area contributed by atoms with E-state index in [4.69, 9.17) is 9.51 Å². The summed E-state index contributed by atoms with van der Waals surface area (Å²) in [6, 6.07) is 8.50. The van der Waals surface area contributed by atoms with E-state index in [0.717, 1.165) is 33.8 Å². The molecule has 25 heavy (non-hydrogen) atoms. The molecule has 1 N–H and O–H groups in total. The average Bonchev–Trinajstić information content (AvgIpc) is 3.13. The highest BCUT2D eigenvalue weighted by Crippen LogP contribution is 2.25. The summed E-state index contributed by atoms with van der Waals surface area (Å²) in [7, 11) is 0. The fourth-order valence-electron chi connectivity index (χ4n) is 3.18. The molecule has 0 aliphatic rings. The maximum Gasteiger partial charge on any atom is 0.263 e. The zero-order valence-corrected chi connectivity index (χ0v) is 14.7. The van der Waals surface area contributed by atoms with Crippen molar-refractivity contribution in [2.45, 2.75) is 40.3 Å². The van der Waals surface area contributed by atoms with Gasteiger partial charge in [0, 0.05) is 6.04 Å². The fraction of sp³-hybridized carbons (Fsp3) is 0.333. The van der Waals surface area contributed by atoms with Gasteiger partial charge in [0.1, 0.15) is 22.9 Å². The van der Waals surface area contributed by atoms with E-state index in [0.29, 0.717) is 24.1 Å². The summed E-state index contributed by atoms with van der Waals surface area (Å²) in [5, 5.41) is 8.21. The zero-order valence-electron chi connectivity index (χ0n) is 14.7. The molecule has 0 spiro atoms. The number of nitrogens with zero attached hydrogens (tertiary/aromatic N) is 5. The number of nitrogens with one attached hydrogen (secondary N) is 1. The molecule has 7 heteroatoms. The first-order valence-electron chi connectivity index (χ1n) is 8.35. The van der Waals surface area contributed by atoms with E-state index in [9.17, 15) is 0 Å². The third-order valence-electron chi connectivity index (χ3n) is 4.22. The van der Waals surface area contributed by atoms with Crippen LogP contribution < -0.4 is 5.32 Å². The molecule has 0 atom stereocenters. The van der Waals surface area contributed by atoms with Crippen molar-refractivity contribution < 1.29 is 4.52 Å². The Morgan fingerprint density at radius 1 is 1.12 bits per heavy atom. The quantitative estimate of drug-likeness (QED) is 0.611. The maximum atomic E-state index is 5.27. The molecule has 4 rings (SSSR count). The molecule has 3 heterocycles. The first-order valence-corrected chi connectivity index (χ1v) is 8.35. The van der Waals surface area contributed by atoms with Gasteiger partial charge in [0.05, 0.1) is 23.3 Å².